The predicted octanol–water partition coefficient (Wildman–Crippen LogP) is 2.99. The summed E-state index contributed by atoms with van der Waals surface area (Å²) in [5.74, 6) is -0.835. The number of nitrogens with zero attached hydrogens (tertiary/aromatic N) is 5. The highest BCUT2D eigenvalue weighted by Crippen LogP contribution is 2.21. The number of benzene rings is 1. The van der Waals surface area contributed by atoms with E-state index in [0.29, 0.717) is 16.9 Å². The highest BCUT2D eigenvalue weighted by atomic mass is 19.1. The number of rotatable bonds is 4. The second-order valence-electron chi connectivity index (χ2n) is 5.95. The maximum absolute atomic E-state index is 13.8. The Morgan fingerprint density at radius 3 is 2.77 bits per heavy atom. The summed E-state index contributed by atoms with van der Waals surface area (Å²) >= 11 is 0. The molecule has 4 aromatic rings. The SMILES string of the molecule is Cn1cc(-c2cnc3cnc(CC(=O)c4ccccc4F)cc3c2)nn1. The molecule has 1 aromatic carbocycles. The summed E-state index contributed by atoms with van der Waals surface area (Å²) in [7, 11) is 1.79. The predicted molar refractivity (Wildman–Crippen MR) is 94.0 cm³/mol. The largest absolute Gasteiger partial charge is 0.294 e. The number of halogens is 1. The smallest absolute Gasteiger partial charge is 0.171 e. The summed E-state index contributed by atoms with van der Waals surface area (Å²) in [6.07, 6.45) is 5.14. The Labute approximate surface area is 148 Å². The van der Waals surface area contributed by atoms with Gasteiger partial charge in [0.2, 0.25) is 0 Å². The Morgan fingerprint density at radius 2 is 2.00 bits per heavy atom. The second-order valence-corrected chi connectivity index (χ2v) is 5.95. The van der Waals surface area contributed by atoms with Gasteiger partial charge in [-0.15, -0.1) is 5.10 Å². The zero-order chi connectivity index (χ0) is 18.1. The molecule has 0 fully saturated rings. The molecule has 0 unspecified atom stereocenters. The number of carbonyl (C=O) groups is 1. The normalized spacial score (nSPS) is 11.0. The van der Waals surface area contributed by atoms with Gasteiger partial charge in [0.1, 0.15) is 11.5 Å². The molecule has 0 radical (unpaired) electrons. The van der Waals surface area contributed by atoms with Crippen molar-refractivity contribution in [1.29, 1.82) is 0 Å². The third kappa shape index (κ3) is 3.06. The molecule has 4 rings (SSSR count). The number of aryl methyl sites for hydroxylation is 1. The first-order valence-corrected chi connectivity index (χ1v) is 7.99. The molecule has 3 heterocycles. The standard InChI is InChI=1S/C19H14FN5O/c1-25-11-18(23-24-25)13-6-12-7-14(21-10-17(12)22-9-13)8-19(26)15-4-2-3-5-16(15)20/h2-7,9-11H,8H2,1H3. The lowest BCUT2D eigenvalue weighted by molar-refractivity contribution is 0.0988. The Kier molecular flexibility index (Phi) is 3.96. The number of pyridine rings is 2. The molecule has 6 nitrogen and oxygen atoms in total. The molecule has 0 N–H and O–H groups in total. The van der Waals surface area contributed by atoms with Crippen LogP contribution in [-0.2, 0) is 13.5 Å². The summed E-state index contributed by atoms with van der Waals surface area (Å²) in [5, 5.41) is 8.83. The summed E-state index contributed by atoms with van der Waals surface area (Å²) in [6, 6.07) is 9.66. The molecular formula is C19H14FN5O. The quantitative estimate of drug-likeness (QED) is 0.531. The second kappa shape index (κ2) is 6.44. The van der Waals surface area contributed by atoms with Crippen molar-refractivity contribution in [3.63, 3.8) is 0 Å². The van der Waals surface area contributed by atoms with Gasteiger partial charge in [0.05, 0.1) is 29.9 Å². The van der Waals surface area contributed by atoms with E-state index in [-0.39, 0.29) is 17.8 Å². The van der Waals surface area contributed by atoms with Gasteiger partial charge in [-0.2, -0.15) is 0 Å². The number of fused-ring (bicyclic) bond motifs is 1. The first-order chi connectivity index (χ1) is 12.6. The van der Waals surface area contributed by atoms with Gasteiger partial charge < -0.3 is 0 Å². The fourth-order valence-electron chi connectivity index (χ4n) is 2.74. The van der Waals surface area contributed by atoms with E-state index in [1.165, 1.54) is 12.1 Å². The molecule has 0 saturated carbocycles. The Balaban J connectivity index is 1.66. The zero-order valence-electron chi connectivity index (χ0n) is 13.9. The van der Waals surface area contributed by atoms with E-state index in [1.807, 2.05) is 6.07 Å². The molecule has 0 atom stereocenters. The van der Waals surface area contributed by atoms with Crippen LogP contribution in [-0.4, -0.2) is 30.7 Å². The minimum absolute atomic E-state index is 0.0201. The van der Waals surface area contributed by atoms with Gasteiger partial charge in [-0.1, -0.05) is 17.3 Å². The lowest BCUT2D eigenvalue weighted by Crippen LogP contribution is -2.07. The number of aromatic nitrogens is 5. The fourth-order valence-corrected chi connectivity index (χ4v) is 2.74. The lowest BCUT2D eigenvalue weighted by Gasteiger charge is -2.05. The third-order valence-electron chi connectivity index (χ3n) is 4.04. The van der Waals surface area contributed by atoms with Crippen molar-refractivity contribution in [3.05, 3.63) is 72.1 Å². The van der Waals surface area contributed by atoms with Gasteiger partial charge in [-0.25, -0.2) is 4.39 Å². The average Bonchev–Trinajstić information content (AvgIpc) is 3.08. The number of Topliss-reactive ketones (excluding diaryl/α,β-unsaturated/α-hetero) is 1. The number of carbonyl (C=O) groups excluding carboxylic acids is 1. The fraction of sp³-hybridized carbons (Fsp3) is 0.105. The Morgan fingerprint density at radius 1 is 1.15 bits per heavy atom. The topological polar surface area (TPSA) is 73.6 Å². The molecule has 0 aliphatic rings. The summed E-state index contributed by atoms with van der Waals surface area (Å²) in [4.78, 5) is 21.0. The van der Waals surface area contributed by atoms with Crippen molar-refractivity contribution in [2.45, 2.75) is 6.42 Å². The summed E-state index contributed by atoms with van der Waals surface area (Å²) in [5.41, 5.74) is 2.87. The maximum atomic E-state index is 13.8. The average molecular weight is 347 g/mol. The summed E-state index contributed by atoms with van der Waals surface area (Å²) < 4.78 is 15.4. The molecule has 0 aliphatic carbocycles. The van der Waals surface area contributed by atoms with Crippen LogP contribution in [0.3, 0.4) is 0 Å². The van der Waals surface area contributed by atoms with Crippen LogP contribution in [0.2, 0.25) is 0 Å². The molecule has 0 saturated heterocycles. The van der Waals surface area contributed by atoms with Crippen molar-refractivity contribution >= 4 is 16.7 Å². The highest BCUT2D eigenvalue weighted by molar-refractivity contribution is 5.98. The summed E-state index contributed by atoms with van der Waals surface area (Å²) in [6.45, 7) is 0. The number of ketones is 1. The van der Waals surface area contributed by atoms with E-state index < -0.39 is 5.82 Å². The number of hydrogen-bond donors (Lipinski definition) is 0. The molecule has 0 aliphatic heterocycles. The van der Waals surface area contributed by atoms with Crippen LogP contribution in [0.5, 0.6) is 0 Å². The van der Waals surface area contributed by atoms with Crippen molar-refractivity contribution in [3.8, 4) is 11.3 Å². The van der Waals surface area contributed by atoms with Crippen LogP contribution in [0.25, 0.3) is 22.2 Å². The minimum atomic E-state index is -0.523. The maximum Gasteiger partial charge on any atom is 0.171 e. The van der Waals surface area contributed by atoms with Crippen LogP contribution >= 0.6 is 0 Å². The van der Waals surface area contributed by atoms with Crippen molar-refractivity contribution in [1.82, 2.24) is 25.0 Å². The number of hydrogen-bond acceptors (Lipinski definition) is 5. The lowest BCUT2D eigenvalue weighted by atomic mass is 10.0. The van der Waals surface area contributed by atoms with Crippen molar-refractivity contribution < 1.29 is 9.18 Å². The Bertz CT molecular complexity index is 1120. The van der Waals surface area contributed by atoms with Crippen LogP contribution in [0, 0.1) is 5.82 Å². The van der Waals surface area contributed by atoms with Gasteiger partial charge in [0, 0.05) is 29.9 Å². The van der Waals surface area contributed by atoms with Crippen LogP contribution in [0.15, 0.2) is 55.0 Å². The molecule has 3 aromatic heterocycles. The first kappa shape index (κ1) is 16.0. The van der Waals surface area contributed by atoms with Gasteiger partial charge >= 0.3 is 0 Å². The Hall–Kier alpha value is -3.48. The van der Waals surface area contributed by atoms with Gasteiger partial charge in [0.25, 0.3) is 0 Å². The van der Waals surface area contributed by atoms with E-state index in [2.05, 4.69) is 20.3 Å². The molecule has 0 spiro atoms. The molecule has 128 valence electrons. The molecule has 7 heteroatoms. The van der Waals surface area contributed by atoms with E-state index in [9.17, 15) is 9.18 Å². The molecule has 0 amide bonds. The highest BCUT2D eigenvalue weighted by Gasteiger charge is 2.13. The van der Waals surface area contributed by atoms with Crippen LogP contribution < -0.4 is 0 Å². The van der Waals surface area contributed by atoms with Crippen molar-refractivity contribution in [2.75, 3.05) is 0 Å². The molecule has 26 heavy (non-hydrogen) atoms. The van der Waals surface area contributed by atoms with E-state index in [1.54, 1.807) is 48.5 Å². The molecular weight excluding hydrogens is 333 g/mol. The van der Waals surface area contributed by atoms with E-state index in [0.717, 1.165) is 10.9 Å². The van der Waals surface area contributed by atoms with E-state index >= 15 is 0 Å². The minimum Gasteiger partial charge on any atom is -0.294 e. The zero-order valence-corrected chi connectivity index (χ0v) is 13.9. The van der Waals surface area contributed by atoms with Crippen LogP contribution in [0.1, 0.15) is 16.1 Å². The van der Waals surface area contributed by atoms with E-state index in [4.69, 9.17) is 0 Å². The van der Waals surface area contributed by atoms with Crippen LogP contribution in [0.4, 0.5) is 4.39 Å². The van der Waals surface area contributed by atoms with Gasteiger partial charge in [0.15, 0.2) is 5.78 Å². The monoisotopic (exact) mass is 347 g/mol. The van der Waals surface area contributed by atoms with Crippen molar-refractivity contribution in [2.24, 2.45) is 7.05 Å². The van der Waals surface area contributed by atoms with Gasteiger partial charge in [-0.05, 0) is 24.3 Å². The first-order valence-electron chi connectivity index (χ1n) is 7.99. The third-order valence-corrected chi connectivity index (χ3v) is 4.04. The van der Waals surface area contributed by atoms with Gasteiger partial charge in [-0.3, -0.25) is 19.4 Å². The molecule has 0 bridgehead atoms.